The minimum atomic E-state index is -0.301. The summed E-state index contributed by atoms with van der Waals surface area (Å²) in [5.74, 6) is -0.523. The molecule has 1 heterocycles. The van der Waals surface area contributed by atoms with Crippen LogP contribution in [0.2, 0.25) is 0 Å². The first kappa shape index (κ1) is 11.4. The van der Waals surface area contributed by atoms with E-state index in [1.807, 2.05) is 18.2 Å². The molecule has 1 aliphatic carbocycles. The Morgan fingerprint density at radius 2 is 2.12 bits per heavy atom. The van der Waals surface area contributed by atoms with E-state index in [0.717, 1.165) is 26.3 Å². The number of hydrogen-bond donors (Lipinski definition) is 1. The smallest absolute Gasteiger partial charge is 0.226 e. The molecule has 1 aliphatic heterocycles. The van der Waals surface area contributed by atoms with Gasteiger partial charge in [-0.2, -0.15) is 0 Å². The third-order valence-electron chi connectivity index (χ3n) is 3.48. The van der Waals surface area contributed by atoms with Crippen molar-refractivity contribution >= 4 is 5.91 Å². The Hall–Kier alpha value is -1.13. The Labute approximate surface area is 95.7 Å². The summed E-state index contributed by atoms with van der Waals surface area (Å²) in [6, 6.07) is 0. The van der Waals surface area contributed by atoms with E-state index >= 15 is 0 Å². The van der Waals surface area contributed by atoms with E-state index in [9.17, 15) is 4.79 Å². The second-order valence-corrected chi connectivity index (χ2v) is 4.45. The molecular weight excluding hydrogens is 204 g/mol. The predicted molar refractivity (Wildman–Crippen MR) is 61.8 cm³/mol. The van der Waals surface area contributed by atoms with E-state index in [-0.39, 0.29) is 17.4 Å². The van der Waals surface area contributed by atoms with E-state index < -0.39 is 0 Å². The number of carbonyl (C=O) groups excluding carboxylic acids is 1. The van der Waals surface area contributed by atoms with Crippen LogP contribution in [0.1, 0.15) is 6.92 Å². The first-order valence-electron chi connectivity index (χ1n) is 5.63. The van der Waals surface area contributed by atoms with Crippen LogP contribution in [0.5, 0.6) is 0 Å². The van der Waals surface area contributed by atoms with Crippen molar-refractivity contribution in [3.8, 4) is 0 Å². The number of carbonyl (C=O) groups is 1. The van der Waals surface area contributed by atoms with Crippen molar-refractivity contribution in [3.05, 3.63) is 24.3 Å². The van der Waals surface area contributed by atoms with E-state index in [1.54, 1.807) is 0 Å². The number of amides is 1. The summed E-state index contributed by atoms with van der Waals surface area (Å²) < 4.78 is 5.33. The van der Waals surface area contributed by atoms with Gasteiger partial charge in [0.05, 0.1) is 24.7 Å². The second-order valence-electron chi connectivity index (χ2n) is 4.45. The molecule has 2 N–H and O–H groups in total. The van der Waals surface area contributed by atoms with Gasteiger partial charge in [0.1, 0.15) is 0 Å². The Balaban J connectivity index is 2.22. The van der Waals surface area contributed by atoms with Gasteiger partial charge in [-0.05, 0) is 6.92 Å². The first-order valence-corrected chi connectivity index (χ1v) is 5.63. The summed E-state index contributed by atoms with van der Waals surface area (Å²) in [6.45, 7) is 5.20. The van der Waals surface area contributed by atoms with Crippen molar-refractivity contribution in [3.63, 3.8) is 0 Å². The van der Waals surface area contributed by atoms with E-state index in [4.69, 9.17) is 10.5 Å². The van der Waals surface area contributed by atoms with Crippen LogP contribution in [0.25, 0.3) is 0 Å². The molecule has 1 fully saturated rings. The summed E-state index contributed by atoms with van der Waals surface area (Å²) in [4.78, 5) is 13.8. The van der Waals surface area contributed by atoms with Crippen molar-refractivity contribution in [2.75, 3.05) is 26.3 Å². The highest BCUT2D eigenvalue weighted by atomic mass is 16.5. The molecule has 0 aromatic heterocycles. The second kappa shape index (κ2) is 4.39. The van der Waals surface area contributed by atoms with Gasteiger partial charge in [-0.15, -0.1) is 0 Å². The first-order chi connectivity index (χ1) is 7.64. The summed E-state index contributed by atoms with van der Waals surface area (Å²) in [7, 11) is 0. The Morgan fingerprint density at radius 1 is 1.44 bits per heavy atom. The summed E-state index contributed by atoms with van der Waals surface area (Å²) >= 11 is 0. The van der Waals surface area contributed by atoms with E-state index in [0.29, 0.717) is 0 Å². The Bertz CT molecular complexity index is 332. The molecule has 1 amide bonds. The van der Waals surface area contributed by atoms with Crippen molar-refractivity contribution < 1.29 is 9.53 Å². The van der Waals surface area contributed by atoms with Crippen LogP contribution in [0, 0.1) is 5.92 Å². The molecule has 0 aromatic carbocycles. The lowest BCUT2D eigenvalue weighted by molar-refractivity contribution is -0.124. The molecule has 2 unspecified atom stereocenters. The van der Waals surface area contributed by atoms with Crippen molar-refractivity contribution in [1.29, 1.82) is 0 Å². The fraction of sp³-hybridized carbons (Fsp3) is 0.583. The average molecular weight is 222 g/mol. The molecular formula is C12H18N2O2. The number of rotatable bonds is 2. The monoisotopic (exact) mass is 222 g/mol. The van der Waals surface area contributed by atoms with Crippen LogP contribution < -0.4 is 5.73 Å². The average Bonchev–Trinajstić information content (AvgIpc) is 2.30. The van der Waals surface area contributed by atoms with Gasteiger partial charge in [-0.3, -0.25) is 9.69 Å². The maximum absolute atomic E-state index is 11.5. The molecule has 0 spiro atoms. The van der Waals surface area contributed by atoms with Gasteiger partial charge in [-0.25, -0.2) is 0 Å². The van der Waals surface area contributed by atoms with Crippen molar-refractivity contribution in [1.82, 2.24) is 4.90 Å². The van der Waals surface area contributed by atoms with E-state index in [1.165, 1.54) is 0 Å². The number of primary amides is 1. The summed E-state index contributed by atoms with van der Waals surface area (Å²) in [6.07, 6.45) is 7.82. The topological polar surface area (TPSA) is 55.6 Å². The molecule has 16 heavy (non-hydrogen) atoms. The molecule has 0 radical (unpaired) electrons. The largest absolute Gasteiger partial charge is 0.379 e. The van der Waals surface area contributed by atoms with Crippen LogP contribution in [0.4, 0.5) is 0 Å². The molecule has 4 heteroatoms. The van der Waals surface area contributed by atoms with Gasteiger partial charge in [0.2, 0.25) is 5.91 Å². The minimum Gasteiger partial charge on any atom is -0.379 e. The Morgan fingerprint density at radius 3 is 2.75 bits per heavy atom. The number of nitrogens with zero attached hydrogens (tertiary/aromatic N) is 1. The highest BCUT2D eigenvalue weighted by Crippen LogP contribution is 2.31. The van der Waals surface area contributed by atoms with Gasteiger partial charge in [-0.1, -0.05) is 24.3 Å². The minimum absolute atomic E-state index is 0.254. The van der Waals surface area contributed by atoms with Crippen LogP contribution in [0.15, 0.2) is 24.3 Å². The molecule has 2 atom stereocenters. The lowest BCUT2D eigenvalue weighted by atomic mass is 9.80. The molecule has 2 aliphatic rings. The number of allylic oxidation sites excluding steroid dienone is 2. The van der Waals surface area contributed by atoms with E-state index in [2.05, 4.69) is 17.9 Å². The molecule has 0 aromatic rings. The highest BCUT2D eigenvalue weighted by molar-refractivity contribution is 5.81. The van der Waals surface area contributed by atoms with Crippen molar-refractivity contribution in [2.24, 2.45) is 11.7 Å². The zero-order chi connectivity index (χ0) is 11.6. The van der Waals surface area contributed by atoms with Gasteiger partial charge in [0.25, 0.3) is 0 Å². The quantitative estimate of drug-likeness (QED) is 0.731. The molecule has 0 bridgehead atoms. The number of ether oxygens (including phenoxy) is 1. The maximum atomic E-state index is 11.5. The molecule has 0 saturated carbocycles. The molecule has 2 rings (SSSR count). The standard InChI is InChI=1S/C12H18N2O2/c1-12(14-6-8-16-9-7-14)5-3-2-4-10(12)11(13)15/h2-5,10H,6-9H2,1H3,(H2,13,15). The zero-order valence-corrected chi connectivity index (χ0v) is 9.56. The molecule has 88 valence electrons. The number of hydrogen-bond acceptors (Lipinski definition) is 3. The summed E-state index contributed by atoms with van der Waals surface area (Å²) in [5.41, 5.74) is 5.17. The molecule has 4 nitrogen and oxygen atoms in total. The van der Waals surface area contributed by atoms with Crippen LogP contribution >= 0.6 is 0 Å². The lowest BCUT2D eigenvalue weighted by Gasteiger charge is -2.45. The van der Waals surface area contributed by atoms with Gasteiger partial charge in [0.15, 0.2) is 0 Å². The number of morpholine rings is 1. The van der Waals surface area contributed by atoms with Gasteiger partial charge >= 0.3 is 0 Å². The van der Waals surface area contributed by atoms with Crippen molar-refractivity contribution in [2.45, 2.75) is 12.5 Å². The number of nitrogens with two attached hydrogens (primary N) is 1. The summed E-state index contributed by atoms with van der Waals surface area (Å²) in [5, 5.41) is 0. The third kappa shape index (κ3) is 1.90. The van der Waals surface area contributed by atoms with Gasteiger partial charge < -0.3 is 10.5 Å². The van der Waals surface area contributed by atoms with Crippen LogP contribution in [-0.4, -0.2) is 42.6 Å². The fourth-order valence-electron chi connectivity index (χ4n) is 2.45. The lowest BCUT2D eigenvalue weighted by Crippen LogP contribution is -2.57. The highest BCUT2D eigenvalue weighted by Gasteiger charge is 2.40. The fourth-order valence-corrected chi connectivity index (χ4v) is 2.45. The third-order valence-corrected chi connectivity index (χ3v) is 3.48. The molecule has 1 saturated heterocycles. The van der Waals surface area contributed by atoms with Crippen LogP contribution in [-0.2, 0) is 9.53 Å². The maximum Gasteiger partial charge on any atom is 0.226 e. The Kier molecular flexibility index (Phi) is 3.12. The normalized spacial score (nSPS) is 35.2. The predicted octanol–water partition coefficient (Wildman–Crippen LogP) is 0.305. The van der Waals surface area contributed by atoms with Crippen LogP contribution in [0.3, 0.4) is 0 Å². The zero-order valence-electron chi connectivity index (χ0n) is 9.56. The SMILES string of the molecule is CC1(N2CCOCC2)C=CC=CC1C(N)=O. The van der Waals surface area contributed by atoms with Gasteiger partial charge in [0, 0.05) is 13.1 Å².